The fraction of sp³-hybridized carbons (Fsp3) is 0.650. The first-order chi connectivity index (χ1) is 12.7. The van der Waals surface area contributed by atoms with Gasteiger partial charge in [0.2, 0.25) is 6.79 Å². The largest absolute Gasteiger partial charge is 0.454 e. The summed E-state index contributed by atoms with van der Waals surface area (Å²) in [7, 11) is 1.78. The molecule has 144 valence electrons. The monoisotopic (exact) mass is 361 g/mol. The molecule has 1 aliphatic carbocycles. The number of benzene rings is 1. The smallest absolute Gasteiger partial charge is 0.231 e. The van der Waals surface area contributed by atoms with E-state index in [1.165, 1.54) is 24.8 Å². The van der Waals surface area contributed by atoms with Crippen LogP contribution in [0.4, 0.5) is 0 Å². The molecule has 1 heterocycles. The summed E-state index contributed by atoms with van der Waals surface area (Å²) in [5.74, 6) is 2.57. The average Bonchev–Trinajstić information content (AvgIpc) is 3.08. The lowest BCUT2D eigenvalue weighted by atomic mass is 9.67. The molecular weight excluding hydrogens is 330 g/mol. The Morgan fingerprint density at radius 1 is 1.23 bits per heavy atom. The van der Waals surface area contributed by atoms with Crippen molar-refractivity contribution < 1.29 is 14.2 Å². The van der Waals surface area contributed by atoms with Crippen LogP contribution in [0.1, 0.15) is 38.2 Å². The van der Waals surface area contributed by atoms with Gasteiger partial charge in [-0.05, 0) is 55.7 Å². The number of hydrogen-bond donors (Lipinski definition) is 2. The van der Waals surface area contributed by atoms with Crippen LogP contribution in [0.3, 0.4) is 0 Å². The van der Waals surface area contributed by atoms with Gasteiger partial charge in [-0.25, -0.2) is 0 Å². The highest BCUT2D eigenvalue weighted by Crippen LogP contribution is 2.44. The quantitative estimate of drug-likeness (QED) is 0.523. The number of guanidine groups is 1. The van der Waals surface area contributed by atoms with Gasteiger partial charge >= 0.3 is 0 Å². The topological polar surface area (TPSA) is 64.1 Å². The maximum atomic E-state index is 5.44. The molecule has 1 saturated carbocycles. The van der Waals surface area contributed by atoms with Gasteiger partial charge in [-0.3, -0.25) is 4.99 Å². The molecule has 0 amide bonds. The summed E-state index contributed by atoms with van der Waals surface area (Å²) in [6.45, 7) is 5.80. The Balaban J connectivity index is 1.50. The van der Waals surface area contributed by atoms with Crippen LogP contribution < -0.4 is 20.1 Å². The predicted molar refractivity (Wildman–Crippen MR) is 103 cm³/mol. The molecular formula is C20H31N3O3. The fourth-order valence-electron chi connectivity index (χ4n) is 3.49. The predicted octanol–water partition coefficient (Wildman–Crippen LogP) is 2.72. The first-order valence-electron chi connectivity index (χ1n) is 9.64. The molecule has 1 aromatic rings. The summed E-state index contributed by atoms with van der Waals surface area (Å²) >= 11 is 0. The van der Waals surface area contributed by atoms with E-state index in [1.807, 2.05) is 6.07 Å². The van der Waals surface area contributed by atoms with Crippen LogP contribution in [-0.2, 0) is 11.2 Å². The summed E-state index contributed by atoms with van der Waals surface area (Å²) < 4.78 is 16.1. The van der Waals surface area contributed by atoms with Crippen LogP contribution in [0.2, 0.25) is 0 Å². The molecule has 0 bridgehead atoms. The minimum absolute atomic E-state index is 0.319. The summed E-state index contributed by atoms with van der Waals surface area (Å²) in [4.78, 5) is 4.84. The van der Waals surface area contributed by atoms with Crippen molar-refractivity contribution in [1.29, 1.82) is 0 Å². The molecule has 0 aromatic heterocycles. The van der Waals surface area contributed by atoms with Crippen molar-refractivity contribution in [2.75, 3.05) is 40.1 Å². The van der Waals surface area contributed by atoms with E-state index in [-0.39, 0.29) is 0 Å². The van der Waals surface area contributed by atoms with Crippen molar-refractivity contribution >= 4 is 5.96 Å². The van der Waals surface area contributed by atoms with Crippen LogP contribution in [-0.4, -0.2) is 46.1 Å². The molecule has 6 heteroatoms. The molecule has 3 rings (SSSR count). The molecule has 1 aromatic carbocycles. The minimum Gasteiger partial charge on any atom is -0.454 e. The summed E-state index contributed by atoms with van der Waals surface area (Å²) in [6.07, 6.45) is 5.85. The summed E-state index contributed by atoms with van der Waals surface area (Å²) in [6, 6.07) is 6.13. The number of aliphatic imine (C=N–C) groups is 1. The first kappa shape index (κ1) is 18.8. The van der Waals surface area contributed by atoms with Crippen molar-refractivity contribution in [3.8, 4) is 11.5 Å². The molecule has 0 radical (unpaired) electrons. The highest BCUT2D eigenvalue weighted by Gasteiger charge is 2.36. The highest BCUT2D eigenvalue weighted by molar-refractivity contribution is 5.79. The third-order valence-electron chi connectivity index (χ3n) is 5.31. The molecule has 1 fully saturated rings. The number of nitrogens with zero attached hydrogens (tertiary/aromatic N) is 1. The Kier molecular flexibility index (Phi) is 6.61. The number of fused-ring (bicyclic) bond motifs is 1. The Morgan fingerprint density at radius 2 is 2.08 bits per heavy atom. The SMILES string of the molecule is CCNC(=NCC1(CCOC)CCC1)NCCc1ccc2c(c1)OCO2. The second-order valence-electron chi connectivity index (χ2n) is 7.16. The van der Waals surface area contributed by atoms with E-state index >= 15 is 0 Å². The maximum Gasteiger partial charge on any atom is 0.231 e. The van der Waals surface area contributed by atoms with Crippen LogP contribution in [0.15, 0.2) is 23.2 Å². The number of methoxy groups -OCH3 is 1. The normalized spacial score (nSPS) is 17.7. The van der Waals surface area contributed by atoms with Gasteiger partial charge in [-0.1, -0.05) is 12.5 Å². The molecule has 0 atom stereocenters. The molecule has 0 spiro atoms. The number of nitrogens with one attached hydrogen (secondary N) is 2. The van der Waals surface area contributed by atoms with Gasteiger partial charge in [0.15, 0.2) is 17.5 Å². The van der Waals surface area contributed by atoms with E-state index in [1.54, 1.807) is 7.11 Å². The van der Waals surface area contributed by atoms with Gasteiger partial charge in [0.25, 0.3) is 0 Å². The Labute approximate surface area is 156 Å². The highest BCUT2D eigenvalue weighted by atomic mass is 16.7. The molecule has 2 aliphatic rings. The molecule has 2 N–H and O–H groups in total. The first-order valence-corrected chi connectivity index (χ1v) is 9.64. The number of ether oxygens (including phenoxy) is 3. The van der Waals surface area contributed by atoms with Crippen molar-refractivity contribution in [2.24, 2.45) is 10.4 Å². The molecule has 26 heavy (non-hydrogen) atoms. The lowest BCUT2D eigenvalue weighted by Crippen LogP contribution is -2.41. The zero-order valence-electron chi connectivity index (χ0n) is 16.0. The lowest BCUT2D eigenvalue weighted by Gasteiger charge is -2.40. The van der Waals surface area contributed by atoms with Gasteiger partial charge in [0, 0.05) is 33.4 Å². The van der Waals surface area contributed by atoms with Crippen molar-refractivity contribution in [3.05, 3.63) is 23.8 Å². The molecule has 6 nitrogen and oxygen atoms in total. The standard InChI is InChI=1S/C20H31N3O3/c1-3-21-19(23-14-20(8-4-9-20)10-12-24-2)22-11-7-16-5-6-17-18(13-16)26-15-25-17/h5-6,13H,3-4,7-12,14-15H2,1-2H3,(H2,21,22,23). The van der Waals surface area contributed by atoms with E-state index in [2.05, 4.69) is 29.7 Å². The maximum absolute atomic E-state index is 5.44. The lowest BCUT2D eigenvalue weighted by molar-refractivity contribution is 0.0778. The molecule has 0 unspecified atom stereocenters. The third-order valence-corrected chi connectivity index (χ3v) is 5.31. The average molecular weight is 361 g/mol. The van der Waals surface area contributed by atoms with Gasteiger partial charge in [-0.15, -0.1) is 0 Å². The van der Waals surface area contributed by atoms with Crippen molar-refractivity contribution in [2.45, 2.75) is 39.0 Å². The second-order valence-corrected chi connectivity index (χ2v) is 7.16. The van der Waals surface area contributed by atoms with Gasteiger partial charge in [0.05, 0.1) is 0 Å². The van der Waals surface area contributed by atoms with Crippen molar-refractivity contribution in [3.63, 3.8) is 0 Å². The third kappa shape index (κ3) is 4.81. The van der Waals surface area contributed by atoms with Gasteiger partial charge in [0.1, 0.15) is 0 Å². The van der Waals surface area contributed by atoms with Crippen LogP contribution in [0, 0.1) is 5.41 Å². The van der Waals surface area contributed by atoms with Crippen molar-refractivity contribution in [1.82, 2.24) is 10.6 Å². The number of rotatable bonds is 9. The van der Waals surface area contributed by atoms with E-state index < -0.39 is 0 Å². The van der Waals surface area contributed by atoms with E-state index in [0.717, 1.165) is 56.5 Å². The van der Waals surface area contributed by atoms with Crippen LogP contribution >= 0.6 is 0 Å². The van der Waals surface area contributed by atoms with Crippen LogP contribution in [0.25, 0.3) is 0 Å². The van der Waals surface area contributed by atoms with Gasteiger partial charge < -0.3 is 24.8 Å². The Morgan fingerprint density at radius 3 is 2.81 bits per heavy atom. The summed E-state index contributed by atoms with van der Waals surface area (Å²) in [5.41, 5.74) is 1.57. The molecule has 0 saturated heterocycles. The zero-order valence-corrected chi connectivity index (χ0v) is 16.0. The van der Waals surface area contributed by atoms with E-state index in [4.69, 9.17) is 19.2 Å². The fourth-order valence-corrected chi connectivity index (χ4v) is 3.49. The van der Waals surface area contributed by atoms with E-state index in [9.17, 15) is 0 Å². The number of hydrogen-bond acceptors (Lipinski definition) is 4. The Bertz CT molecular complexity index is 614. The molecule has 1 aliphatic heterocycles. The summed E-state index contributed by atoms with van der Waals surface area (Å²) in [5, 5.41) is 6.80. The minimum atomic E-state index is 0.319. The van der Waals surface area contributed by atoms with E-state index in [0.29, 0.717) is 12.2 Å². The second kappa shape index (κ2) is 9.12. The van der Waals surface area contributed by atoms with Gasteiger partial charge in [-0.2, -0.15) is 0 Å². The Hall–Kier alpha value is -1.95. The van der Waals surface area contributed by atoms with Crippen LogP contribution in [0.5, 0.6) is 11.5 Å². The zero-order chi connectivity index (χ0) is 18.2.